The fourth-order valence-corrected chi connectivity index (χ4v) is 2.49. The molecule has 3 nitrogen and oxygen atoms in total. The van der Waals surface area contributed by atoms with Crippen LogP contribution in [0.25, 0.3) is 10.8 Å². The van der Waals surface area contributed by atoms with Crippen LogP contribution in [0.1, 0.15) is 55.8 Å². The van der Waals surface area contributed by atoms with Crippen molar-refractivity contribution in [3.8, 4) is 5.75 Å². The van der Waals surface area contributed by atoms with Crippen molar-refractivity contribution in [1.29, 1.82) is 0 Å². The smallest absolute Gasteiger partial charge is 0.338 e. The van der Waals surface area contributed by atoms with Crippen molar-refractivity contribution in [2.45, 2.75) is 45.4 Å². The van der Waals surface area contributed by atoms with Crippen molar-refractivity contribution in [1.82, 2.24) is 0 Å². The number of aromatic hydroxyl groups is 1. The number of carbonyl (C=O) groups excluding carboxylic acids is 1. The minimum absolute atomic E-state index is 0.228. The van der Waals surface area contributed by atoms with Crippen molar-refractivity contribution in [3.05, 3.63) is 42.0 Å². The average Bonchev–Trinajstić information content (AvgIpc) is 2.53. The Hall–Kier alpha value is -2.03. The summed E-state index contributed by atoms with van der Waals surface area (Å²) in [5, 5.41) is 11.3. The molecule has 0 saturated carbocycles. The Balaban J connectivity index is 1.81. The van der Waals surface area contributed by atoms with Gasteiger partial charge in [-0.05, 0) is 41.5 Å². The van der Waals surface area contributed by atoms with E-state index in [4.69, 9.17) is 4.74 Å². The number of esters is 1. The Morgan fingerprint density at radius 2 is 1.64 bits per heavy atom. The zero-order valence-electron chi connectivity index (χ0n) is 13.2. The molecule has 0 spiro atoms. The van der Waals surface area contributed by atoms with E-state index < -0.39 is 0 Å². The SMILES string of the molecule is CCCCCCCCOC(=O)c1ccc2cc(O)ccc2c1. The molecule has 118 valence electrons. The molecule has 3 heteroatoms. The summed E-state index contributed by atoms with van der Waals surface area (Å²) < 4.78 is 5.32. The molecule has 2 aromatic rings. The van der Waals surface area contributed by atoms with Crippen molar-refractivity contribution in [2.75, 3.05) is 6.61 Å². The van der Waals surface area contributed by atoms with Gasteiger partial charge >= 0.3 is 5.97 Å². The molecular formula is C19H24O3. The number of unbranched alkanes of at least 4 members (excludes halogenated alkanes) is 5. The van der Waals surface area contributed by atoms with Gasteiger partial charge in [-0.15, -0.1) is 0 Å². The summed E-state index contributed by atoms with van der Waals surface area (Å²) in [5.74, 6) is -0.0468. The summed E-state index contributed by atoms with van der Waals surface area (Å²) in [5.41, 5.74) is 0.559. The van der Waals surface area contributed by atoms with Crippen LogP contribution in [0.4, 0.5) is 0 Å². The average molecular weight is 300 g/mol. The zero-order chi connectivity index (χ0) is 15.8. The van der Waals surface area contributed by atoms with Crippen LogP contribution in [0.2, 0.25) is 0 Å². The Morgan fingerprint density at radius 1 is 0.955 bits per heavy atom. The van der Waals surface area contributed by atoms with Gasteiger partial charge in [-0.2, -0.15) is 0 Å². The predicted molar refractivity (Wildman–Crippen MR) is 89.3 cm³/mol. The van der Waals surface area contributed by atoms with Gasteiger partial charge in [-0.25, -0.2) is 4.79 Å². The molecule has 0 aliphatic carbocycles. The second-order valence-corrected chi connectivity index (χ2v) is 5.65. The number of benzene rings is 2. The molecular weight excluding hydrogens is 276 g/mol. The lowest BCUT2D eigenvalue weighted by Gasteiger charge is -2.06. The van der Waals surface area contributed by atoms with Crippen LogP contribution in [0.15, 0.2) is 36.4 Å². The molecule has 0 saturated heterocycles. The minimum atomic E-state index is -0.275. The maximum Gasteiger partial charge on any atom is 0.338 e. The van der Waals surface area contributed by atoms with Crippen molar-refractivity contribution in [3.63, 3.8) is 0 Å². The second kappa shape index (κ2) is 8.42. The molecule has 0 amide bonds. The predicted octanol–water partition coefficient (Wildman–Crippen LogP) is 5.06. The van der Waals surface area contributed by atoms with Crippen LogP contribution >= 0.6 is 0 Å². The zero-order valence-corrected chi connectivity index (χ0v) is 13.2. The third-order valence-electron chi connectivity index (χ3n) is 3.79. The van der Waals surface area contributed by atoms with E-state index in [1.807, 2.05) is 6.07 Å². The van der Waals surface area contributed by atoms with Crippen molar-refractivity contribution < 1.29 is 14.6 Å². The number of carbonyl (C=O) groups is 1. The molecule has 2 rings (SSSR count). The number of hydrogen-bond donors (Lipinski definition) is 1. The number of phenols is 1. The highest BCUT2D eigenvalue weighted by atomic mass is 16.5. The molecule has 22 heavy (non-hydrogen) atoms. The Kier molecular flexibility index (Phi) is 6.26. The van der Waals surface area contributed by atoms with E-state index in [9.17, 15) is 9.90 Å². The lowest BCUT2D eigenvalue weighted by Crippen LogP contribution is -2.06. The van der Waals surface area contributed by atoms with Crippen LogP contribution in [-0.4, -0.2) is 17.7 Å². The Labute approximate surface area is 131 Å². The second-order valence-electron chi connectivity index (χ2n) is 5.65. The molecule has 0 unspecified atom stereocenters. The summed E-state index contributed by atoms with van der Waals surface area (Å²) in [4.78, 5) is 12.0. The van der Waals surface area contributed by atoms with Crippen LogP contribution in [0.5, 0.6) is 5.75 Å². The number of hydrogen-bond acceptors (Lipinski definition) is 3. The van der Waals surface area contributed by atoms with E-state index in [0.29, 0.717) is 12.2 Å². The van der Waals surface area contributed by atoms with Gasteiger partial charge in [0, 0.05) is 0 Å². The molecule has 0 atom stereocenters. The summed E-state index contributed by atoms with van der Waals surface area (Å²) in [6.45, 7) is 2.69. The van der Waals surface area contributed by atoms with E-state index in [1.165, 1.54) is 25.7 Å². The molecule has 2 aromatic carbocycles. The molecule has 0 bridgehead atoms. The fourth-order valence-electron chi connectivity index (χ4n) is 2.49. The van der Waals surface area contributed by atoms with Gasteiger partial charge in [0.2, 0.25) is 0 Å². The monoisotopic (exact) mass is 300 g/mol. The standard InChI is InChI=1S/C19H24O3/c1-2-3-4-5-6-7-12-22-19(21)17-9-8-16-14-18(20)11-10-15(16)13-17/h8-11,13-14,20H,2-7,12H2,1H3. The van der Waals surface area contributed by atoms with Gasteiger partial charge in [0.25, 0.3) is 0 Å². The lowest BCUT2D eigenvalue weighted by atomic mass is 10.1. The highest BCUT2D eigenvalue weighted by Gasteiger charge is 2.08. The quantitative estimate of drug-likeness (QED) is 0.547. The molecule has 0 heterocycles. The largest absolute Gasteiger partial charge is 0.508 e. The minimum Gasteiger partial charge on any atom is -0.508 e. The van der Waals surface area contributed by atoms with E-state index in [0.717, 1.165) is 23.6 Å². The van der Waals surface area contributed by atoms with Gasteiger partial charge in [-0.1, -0.05) is 51.2 Å². The summed E-state index contributed by atoms with van der Waals surface area (Å²) in [7, 11) is 0. The molecule has 0 aliphatic rings. The molecule has 0 aliphatic heterocycles. The Bertz CT molecular complexity index is 619. The highest BCUT2D eigenvalue weighted by molar-refractivity contribution is 5.95. The fraction of sp³-hybridized carbons (Fsp3) is 0.421. The third-order valence-corrected chi connectivity index (χ3v) is 3.79. The topological polar surface area (TPSA) is 46.5 Å². The van der Waals surface area contributed by atoms with E-state index in [2.05, 4.69) is 6.92 Å². The third kappa shape index (κ3) is 4.76. The van der Waals surface area contributed by atoms with E-state index in [-0.39, 0.29) is 11.7 Å². The number of rotatable bonds is 8. The van der Waals surface area contributed by atoms with Gasteiger partial charge < -0.3 is 9.84 Å². The Morgan fingerprint density at radius 3 is 2.45 bits per heavy atom. The van der Waals surface area contributed by atoms with Crippen LogP contribution in [0, 0.1) is 0 Å². The molecule has 0 radical (unpaired) electrons. The summed E-state index contributed by atoms with van der Waals surface area (Å²) in [6.07, 6.45) is 7.05. The molecule has 0 aromatic heterocycles. The maximum absolute atomic E-state index is 12.0. The van der Waals surface area contributed by atoms with Crippen molar-refractivity contribution in [2.24, 2.45) is 0 Å². The molecule has 0 fully saturated rings. The summed E-state index contributed by atoms with van der Waals surface area (Å²) in [6, 6.07) is 10.5. The van der Waals surface area contributed by atoms with Gasteiger partial charge in [-0.3, -0.25) is 0 Å². The highest BCUT2D eigenvalue weighted by Crippen LogP contribution is 2.21. The first kappa shape index (κ1) is 16.3. The number of phenolic OH excluding ortho intramolecular Hbond substituents is 1. The maximum atomic E-state index is 12.0. The first-order valence-corrected chi connectivity index (χ1v) is 8.10. The number of fused-ring (bicyclic) bond motifs is 1. The van der Waals surface area contributed by atoms with E-state index in [1.54, 1.807) is 30.3 Å². The number of ether oxygens (including phenoxy) is 1. The van der Waals surface area contributed by atoms with Gasteiger partial charge in [0.1, 0.15) is 5.75 Å². The normalized spacial score (nSPS) is 10.8. The van der Waals surface area contributed by atoms with Crippen LogP contribution in [-0.2, 0) is 4.74 Å². The lowest BCUT2D eigenvalue weighted by molar-refractivity contribution is 0.0498. The summed E-state index contributed by atoms with van der Waals surface area (Å²) >= 11 is 0. The van der Waals surface area contributed by atoms with Crippen LogP contribution < -0.4 is 0 Å². The first-order chi connectivity index (χ1) is 10.7. The molecule has 1 N–H and O–H groups in total. The van der Waals surface area contributed by atoms with Crippen LogP contribution in [0.3, 0.4) is 0 Å². The van der Waals surface area contributed by atoms with E-state index >= 15 is 0 Å². The van der Waals surface area contributed by atoms with Gasteiger partial charge in [0.05, 0.1) is 12.2 Å². The van der Waals surface area contributed by atoms with Gasteiger partial charge in [0.15, 0.2) is 0 Å². The first-order valence-electron chi connectivity index (χ1n) is 8.10. The van der Waals surface area contributed by atoms with Crippen molar-refractivity contribution >= 4 is 16.7 Å².